The maximum atomic E-state index is 11.4. The van der Waals surface area contributed by atoms with E-state index in [0.717, 1.165) is 0 Å². The molecule has 0 radical (unpaired) electrons. The van der Waals surface area contributed by atoms with E-state index in [1.807, 2.05) is 0 Å². The van der Waals surface area contributed by atoms with Crippen LogP contribution in [0.5, 0.6) is 0 Å². The van der Waals surface area contributed by atoms with Crippen molar-refractivity contribution in [3.05, 3.63) is 10.7 Å². The summed E-state index contributed by atoms with van der Waals surface area (Å²) >= 11 is 5.75. The molecule has 5 nitrogen and oxygen atoms in total. The van der Waals surface area contributed by atoms with Crippen molar-refractivity contribution < 1.29 is 4.79 Å². The number of nitrogens with one attached hydrogen (secondary N) is 1. The number of nitrogens with zero attached hydrogens (tertiary/aromatic N) is 2. The largest absolute Gasteiger partial charge is 0.369 e. The Morgan fingerprint density at radius 1 is 1.46 bits per heavy atom. The number of carbonyl (C=O) groups is 1. The van der Waals surface area contributed by atoms with Crippen LogP contribution in [0.2, 0.25) is 5.15 Å². The van der Waals surface area contributed by atoms with Crippen molar-refractivity contribution >= 4 is 29.2 Å². The summed E-state index contributed by atoms with van der Waals surface area (Å²) < 4.78 is 0. The van der Waals surface area contributed by atoms with Gasteiger partial charge in [0.1, 0.15) is 11.0 Å². The Balaban J connectivity index is 2.63. The lowest BCUT2D eigenvalue weighted by molar-refractivity contribution is 0.0983. The minimum Gasteiger partial charge on any atom is -0.369 e. The number of nitrogen functional groups attached to an aromatic ring is 1. The van der Waals surface area contributed by atoms with Gasteiger partial charge in [-0.1, -0.05) is 11.6 Å². The Kier molecular flexibility index (Phi) is 1.81. The highest BCUT2D eigenvalue weighted by molar-refractivity contribution is 6.33. The number of fused-ring (bicyclic) bond motifs is 1. The topological polar surface area (TPSA) is 80.9 Å². The summed E-state index contributed by atoms with van der Waals surface area (Å²) in [5.41, 5.74) is 5.72. The second-order valence-corrected chi connectivity index (χ2v) is 3.05. The molecule has 13 heavy (non-hydrogen) atoms. The van der Waals surface area contributed by atoms with Gasteiger partial charge in [-0.15, -0.1) is 0 Å². The van der Waals surface area contributed by atoms with Crippen LogP contribution in [0, 0.1) is 0 Å². The summed E-state index contributed by atoms with van der Waals surface area (Å²) in [7, 11) is 0. The van der Waals surface area contributed by atoms with Crippen LogP contribution in [0.25, 0.3) is 0 Å². The highest BCUT2D eigenvalue weighted by Gasteiger charge is 2.22. The number of rotatable bonds is 0. The number of aromatic nitrogens is 2. The molecule has 0 fully saturated rings. The van der Waals surface area contributed by atoms with Crippen molar-refractivity contribution in [2.24, 2.45) is 0 Å². The van der Waals surface area contributed by atoms with E-state index in [2.05, 4.69) is 15.3 Å². The predicted octanol–water partition coefficient (Wildman–Crippen LogP) is 0.710. The third-order valence-corrected chi connectivity index (χ3v) is 2.08. The Morgan fingerprint density at radius 2 is 2.23 bits per heavy atom. The number of nitrogens with two attached hydrogens (primary N) is 1. The molecule has 0 aromatic carbocycles. The first-order chi connectivity index (χ1) is 6.18. The van der Waals surface area contributed by atoms with Gasteiger partial charge in [0, 0.05) is 13.0 Å². The standard InChI is InChI=1S/C7H7ClN4O/c8-5-4-3(13)1-2-10-6(4)12-7(9)11-5/h1-2H2,(H3,9,10,11,12). The fourth-order valence-electron chi connectivity index (χ4n) is 1.24. The molecule has 0 unspecified atom stereocenters. The normalized spacial score (nSPS) is 15.0. The van der Waals surface area contributed by atoms with Crippen LogP contribution in [-0.2, 0) is 0 Å². The van der Waals surface area contributed by atoms with Gasteiger partial charge >= 0.3 is 0 Å². The van der Waals surface area contributed by atoms with Crippen molar-refractivity contribution in [3.63, 3.8) is 0 Å². The number of hydrogen-bond donors (Lipinski definition) is 2. The van der Waals surface area contributed by atoms with Gasteiger partial charge in [0.15, 0.2) is 5.78 Å². The minimum atomic E-state index is -0.0428. The fraction of sp³-hybridized carbons (Fsp3) is 0.286. The van der Waals surface area contributed by atoms with Crippen LogP contribution < -0.4 is 11.1 Å². The molecule has 1 aliphatic rings. The van der Waals surface area contributed by atoms with Crippen molar-refractivity contribution in [3.8, 4) is 0 Å². The van der Waals surface area contributed by atoms with Gasteiger partial charge in [-0.3, -0.25) is 4.79 Å². The highest BCUT2D eigenvalue weighted by atomic mass is 35.5. The van der Waals surface area contributed by atoms with E-state index in [1.54, 1.807) is 0 Å². The van der Waals surface area contributed by atoms with Crippen molar-refractivity contribution in [2.75, 3.05) is 17.6 Å². The molecule has 0 aliphatic carbocycles. The summed E-state index contributed by atoms with van der Waals surface area (Å²) in [5, 5.41) is 3.06. The van der Waals surface area contributed by atoms with E-state index in [-0.39, 0.29) is 16.9 Å². The number of hydrogen-bond acceptors (Lipinski definition) is 5. The molecular formula is C7H7ClN4O. The first-order valence-electron chi connectivity index (χ1n) is 3.78. The molecule has 1 aromatic rings. The maximum absolute atomic E-state index is 11.4. The van der Waals surface area contributed by atoms with Gasteiger partial charge < -0.3 is 11.1 Å². The molecular weight excluding hydrogens is 192 g/mol. The molecule has 1 aromatic heterocycles. The SMILES string of the molecule is Nc1nc(Cl)c2c(n1)NCCC2=O. The van der Waals surface area contributed by atoms with E-state index in [9.17, 15) is 4.79 Å². The third-order valence-electron chi connectivity index (χ3n) is 1.81. The van der Waals surface area contributed by atoms with Crippen LogP contribution in [0.4, 0.5) is 11.8 Å². The Labute approximate surface area is 79.3 Å². The number of Topliss-reactive ketones (excluding diaryl/α,β-unsaturated/α-hetero) is 1. The maximum Gasteiger partial charge on any atom is 0.223 e. The lowest BCUT2D eigenvalue weighted by atomic mass is 10.1. The van der Waals surface area contributed by atoms with Crippen molar-refractivity contribution in [2.45, 2.75) is 6.42 Å². The number of halogens is 1. The molecule has 6 heteroatoms. The Morgan fingerprint density at radius 3 is 3.00 bits per heavy atom. The van der Waals surface area contributed by atoms with E-state index in [0.29, 0.717) is 24.3 Å². The van der Waals surface area contributed by atoms with Crippen molar-refractivity contribution in [1.82, 2.24) is 9.97 Å². The van der Waals surface area contributed by atoms with Crippen LogP contribution in [0.15, 0.2) is 0 Å². The summed E-state index contributed by atoms with van der Waals surface area (Å²) in [5.74, 6) is 0.471. The smallest absolute Gasteiger partial charge is 0.223 e. The monoisotopic (exact) mass is 198 g/mol. The average molecular weight is 199 g/mol. The van der Waals surface area contributed by atoms with Crippen LogP contribution in [0.1, 0.15) is 16.8 Å². The van der Waals surface area contributed by atoms with Crippen LogP contribution in [0.3, 0.4) is 0 Å². The molecule has 2 rings (SSSR count). The summed E-state index contributed by atoms with van der Waals surface area (Å²) in [6, 6.07) is 0. The molecule has 0 saturated carbocycles. The fourth-order valence-corrected chi connectivity index (χ4v) is 1.53. The van der Waals surface area contributed by atoms with Gasteiger partial charge in [0.2, 0.25) is 5.95 Å². The van der Waals surface area contributed by atoms with E-state index >= 15 is 0 Å². The number of ketones is 1. The molecule has 2 heterocycles. The lowest BCUT2D eigenvalue weighted by Crippen LogP contribution is -2.21. The molecule has 0 bridgehead atoms. The summed E-state index contributed by atoms with van der Waals surface area (Å²) in [4.78, 5) is 19.0. The molecule has 0 saturated heterocycles. The highest BCUT2D eigenvalue weighted by Crippen LogP contribution is 2.26. The van der Waals surface area contributed by atoms with Gasteiger partial charge in [0.25, 0.3) is 0 Å². The van der Waals surface area contributed by atoms with Crippen LogP contribution in [-0.4, -0.2) is 22.3 Å². The second-order valence-electron chi connectivity index (χ2n) is 2.70. The van der Waals surface area contributed by atoms with E-state index in [1.165, 1.54) is 0 Å². The Bertz CT molecular complexity index is 379. The van der Waals surface area contributed by atoms with Crippen molar-refractivity contribution in [1.29, 1.82) is 0 Å². The second kappa shape index (κ2) is 2.85. The first-order valence-corrected chi connectivity index (χ1v) is 4.16. The average Bonchev–Trinajstić information content (AvgIpc) is 2.02. The number of anilines is 2. The minimum absolute atomic E-state index is 0.0428. The van der Waals surface area contributed by atoms with E-state index in [4.69, 9.17) is 17.3 Å². The predicted molar refractivity (Wildman–Crippen MR) is 48.9 cm³/mol. The molecule has 1 aliphatic heterocycles. The van der Waals surface area contributed by atoms with Gasteiger partial charge in [-0.25, -0.2) is 4.98 Å². The zero-order chi connectivity index (χ0) is 9.42. The zero-order valence-electron chi connectivity index (χ0n) is 6.67. The third kappa shape index (κ3) is 1.31. The molecule has 0 spiro atoms. The molecule has 3 N–H and O–H groups in total. The Hall–Kier alpha value is -1.36. The van der Waals surface area contributed by atoms with Crippen LogP contribution >= 0.6 is 11.6 Å². The van der Waals surface area contributed by atoms with Gasteiger partial charge in [-0.2, -0.15) is 4.98 Å². The summed E-state index contributed by atoms with van der Waals surface area (Å²) in [6.07, 6.45) is 0.417. The molecule has 68 valence electrons. The molecule has 0 atom stereocenters. The number of carbonyl (C=O) groups excluding carboxylic acids is 1. The van der Waals surface area contributed by atoms with Gasteiger partial charge in [-0.05, 0) is 0 Å². The quantitative estimate of drug-likeness (QED) is 0.600. The summed E-state index contributed by atoms with van der Waals surface area (Å²) in [6.45, 7) is 0.568. The van der Waals surface area contributed by atoms with Gasteiger partial charge in [0.05, 0.1) is 5.56 Å². The lowest BCUT2D eigenvalue weighted by Gasteiger charge is -2.16. The van der Waals surface area contributed by atoms with E-state index < -0.39 is 0 Å². The first kappa shape index (κ1) is 8.25. The zero-order valence-corrected chi connectivity index (χ0v) is 7.43. The molecule has 0 amide bonds.